The van der Waals surface area contributed by atoms with Gasteiger partial charge in [0.1, 0.15) is 0 Å². The molecular formula is C26H29BrN2O6. The molecule has 0 radical (unpaired) electrons. The number of ether oxygens (including phenoxy) is 2. The second-order valence-corrected chi connectivity index (χ2v) is 9.17. The van der Waals surface area contributed by atoms with Crippen molar-refractivity contribution in [3.63, 3.8) is 0 Å². The van der Waals surface area contributed by atoms with E-state index < -0.39 is 30.4 Å². The lowest BCUT2D eigenvalue weighted by Gasteiger charge is -2.17. The summed E-state index contributed by atoms with van der Waals surface area (Å²) >= 11 is 3.40. The van der Waals surface area contributed by atoms with E-state index >= 15 is 0 Å². The van der Waals surface area contributed by atoms with Gasteiger partial charge < -0.3 is 19.7 Å². The largest absolute Gasteiger partial charge is 0.462 e. The van der Waals surface area contributed by atoms with Gasteiger partial charge in [-0.15, -0.1) is 0 Å². The van der Waals surface area contributed by atoms with Gasteiger partial charge >= 0.3 is 11.9 Å². The maximum absolute atomic E-state index is 12.5. The highest BCUT2D eigenvalue weighted by Gasteiger charge is 2.36. The smallest absolute Gasteiger partial charge is 0.338 e. The Labute approximate surface area is 213 Å². The minimum absolute atomic E-state index is 0.00599. The van der Waals surface area contributed by atoms with Gasteiger partial charge in [0.15, 0.2) is 6.61 Å². The zero-order chi connectivity index (χ0) is 25.4. The Kier molecular flexibility index (Phi) is 9.42. The first kappa shape index (κ1) is 26.4. The van der Waals surface area contributed by atoms with Crippen molar-refractivity contribution >= 4 is 51.1 Å². The zero-order valence-corrected chi connectivity index (χ0v) is 21.4. The van der Waals surface area contributed by atoms with Crippen molar-refractivity contribution in [3.05, 3.63) is 58.1 Å². The molecule has 0 aromatic heterocycles. The minimum Gasteiger partial charge on any atom is -0.462 e. The topological polar surface area (TPSA) is 102 Å². The van der Waals surface area contributed by atoms with E-state index in [1.807, 2.05) is 26.0 Å². The summed E-state index contributed by atoms with van der Waals surface area (Å²) < 4.78 is 11.3. The molecule has 0 saturated carbocycles. The number of halogens is 1. The highest BCUT2D eigenvalue weighted by atomic mass is 79.9. The Balaban J connectivity index is 1.51. The molecule has 2 aromatic rings. The summed E-state index contributed by atoms with van der Waals surface area (Å²) in [5.74, 6) is -2.35. The van der Waals surface area contributed by atoms with Crippen LogP contribution in [-0.4, -0.2) is 43.5 Å². The van der Waals surface area contributed by atoms with E-state index in [0.717, 1.165) is 29.3 Å². The molecule has 0 spiro atoms. The third-order valence-corrected chi connectivity index (χ3v) is 6.17. The van der Waals surface area contributed by atoms with E-state index in [-0.39, 0.29) is 18.9 Å². The monoisotopic (exact) mass is 544 g/mol. The van der Waals surface area contributed by atoms with Gasteiger partial charge in [-0.1, -0.05) is 36.2 Å². The average molecular weight is 545 g/mol. The number of nitrogens with one attached hydrogen (secondary N) is 1. The number of carbonyl (C=O) groups is 4. The molecule has 1 aliphatic heterocycles. The van der Waals surface area contributed by atoms with Crippen LogP contribution in [0.3, 0.4) is 0 Å². The van der Waals surface area contributed by atoms with Crippen molar-refractivity contribution in [3.8, 4) is 0 Å². The molecular weight excluding hydrogens is 516 g/mol. The van der Waals surface area contributed by atoms with Gasteiger partial charge in [0.2, 0.25) is 5.91 Å². The van der Waals surface area contributed by atoms with Crippen LogP contribution in [0.25, 0.3) is 0 Å². The summed E-state index contributed by atoms with van der Waals surface area (Å²) in [6, 6.07) is 12.0. The predicted octanol–water partition coefficient (Wildman–Crippen LogP) is 4.50. The Morgan fingerprint density at radius 2 is 1.83 bits per heavy atom. The van der Waals surface area contributed by atoms with Gasteiger partial charge in [-0.05, 0) is 60.9 Å². The summed E-state index contributed by atoms with van der Waals surface area (Å²) in [5, 5.41) is 2.76. The van der Waals surface area contributed by atoms with Crippen molar-refractivity contribution in [2.24, 2.45) is 5.92 Å². The van der Waals surface area contributed by atoms with Crippen LogP contribution >= 0.6 is 15.9 Å². The van der Waals surface area contributed by atoms with Gasteiger partial charge in [0.25, 0.3) is 5.91 Å². The molecule has 8 nitrogen and oxygen atoms in total. The maximum atomic E-state index is 12.5. The van der Waals surface area contributed by atoms with Gasteiger partial charge in [0, 0.05) is 28.8 Å². The number of carbonyl (C=O) groups excluding carboxylic acids is 4. The third kappa shape index (κ3) is 7.14. The first-order valence-electron chi connectivity index (χ1n) is 11.6. The molecule has 1 atom stereocenters. The fraction of sp³-hybridized carbons (Fsp3) is 0.385. The van der Waals surface area contributed by atoms with E-state index in [1.165, 1.54) is 4.90 Å². The first-order chi connectivity index (χ1) is 16.8. The van der Waals surface area contributed by atoms with Crippen molar-refractivity contribution in [1.82, 2.24) is 0 Å². The molecule has 1 saturated heterocycles. The van der Waals surface area contributed by atoms with Gasteiger partial charge in [-0.3, -0.25) is 14.4 Å². The summed E-state index contributed by atoms with van der Waals surface area (Å²) in [6.45, 7) is 4.07. The van der Waals surface area contributed by atoms with Gasteiger partial charge in [-0.2, -0.15) is 0 Å². The van der Waals surface area contributed by atoms with Crippen LogP contribution in [0.1, 0.15) is 49.0 Å². The minimum atomic E-state index is -0.673. The summed E-state index contributed by atoms with van der Waals surface area (Å²) in [7, 11) is 0. The van der Waals surface area contributed by atoms with E-state index in [9.17, 15) is 19.2 Å². The van der Waals surface area contributed by atoms with E-state index in [4.69, 9.17) is 9.47 Å². The normalized spacial score (nSPS) is 15.1. The number of aryl methyl sites for hydroxylation is 1. The van der Waals surface area contributed by atoms with Crippen LogP contribution in [0.4, 0.5) is 11.4 Å². The Bertz CT molecular complexity index is 1090. The highest BCUT2D eigenvalue weighted by Crippen LogP contribution is 2.26. The molecule has 1 fully saturated rings. The van der Waals surface area contributed by atoms with Crippen LogP contribution in [0.2, 0.25) is 0 Å². The first-order valence-corrected chi connectivity index (χ1v) is 12.4. The summed E-state index contributed by atoms with van der Waals surface area (Å²) in [6.07, 6.45) is 2.46. The van der Waals surface area contributed by atoms with Crippen molar-refractivity contribution < 1.29 is 28.7 Å². The Morgan fingerprint density at radius 3 is 2.51 bits per heavy atom. The van der Waals surface area contributed by atoms with Crippen molar-refractivity contribution in [2.75, 3.05) is 30.0 Å². The van der Waals surface area contributed by atoms with Crippen LogP contribution in [0.5, 0.6) is 0 Å². The van der Waals surface area contributed by atoms with Crippen molar-refractivity contribution in [2.45, 2.75) is 39.5 Å². The molecule has 2 aromatic carbocycles. The number of rotatable bonds is 10. The van der Waals surface area contributed by atoms with Crippen LogP contribution in [0.15, 0.2) is 46.9 Å². The molecule has 186 valence electrons. The molecule has 1 heterocycles. The van der Waals surface area contributed by atoms with Gasteiger partial charge in [-0.25, -0.2) is 4.79 Å². The Morgan fingerprint density at radius 1 is 1.09 bits per heavy atom. The quantitative estimate of drug-likeness (QED) is 0.349. The van der Waals surface area contributed by atoms with Crippen LogP contribution < -0.4 is 10.2 Å². The second-order valence-electron chi connectivity index (χ2n) is 8.25. The van der Waals surface area contributed by atoms with Crippen LogP contribution in [-0.2, 0) is 30.3 Å². The Hall–Kier alpha value is -3.20. The lowest BCUT2D eigenvalue weighted by Crippen LogP contribution is -2.28. The second kappa shape index (κ2) is 12.5. The van der Waals surface area contributed by atoms with E-state index in [2.05, 4.69) is 21.2 Å². The molecule has 1 N–H and O–H groups in total. The molecule has 0 aliphatic carbocycles. The number of hydrogen-bond donors (Lipinski definition) is 1. The molecule has 0 bridgehead atoms. The van der Waals surface area contributed by atoms with E-state index in [1.54, 1.807) is 30.3 Å². The average Bonchev–Trinajstić information content (AvgIpc) is 3.25. The van der Waals surface area contributed by atoms with Crippen LogP contribution in [0, 0.1) is 5.92 Å². The molecule has 35 heavy (non-hydrogen) atoms. The number of esters is 2. The standard InChI is InChI=1S/C26H29BrN2O6/c1-3-5-12-34-25(32)18-6-9-21(10-7-18)29-15-19(14-24(29)31)26(33)35-16-23(30)28-22-11-8-20(27)13-17(22)4-2/h6-11,13,19H,3-5,12,14-16H2,1-2H3,(H,28,30)/t19-/m1/s1. The maximum Gasteiger partial charge on any atom is 0.338 e. The third-order valence-electron chi connectivity index (χ3n) is 5.67. The number of amides is 2. The number of benzene rings is 2. The number of hydrogen-bond acceptors (Lipinski definition) is 6. The zero-order valence-electron chi connectivity index (χ0n) is 19.8. The SMILES string of the molecule is CCCCOC(=O)c1ccc(N2C[C@H](C(=O)OCC(=O)Nc3ccc(Br)cc3CC)CC2=O)cc1. The number of anilines is 2. The predicted molar refractivity (Wildman–Crippen MR) is 135 cm³/mol. The molecule has 3 rings (SSSR count). The van der Waals surface area contributed by atoms with E-state index in [0.29, 0.717) is 23.5 Å². The fourth-order valence-electron chi connectivity index (χ4n) is 3.70. The molecule has 1 aliphatic rings. The number of unbranched alkanes of at least 4 members (excludes halogenated alkanes) is 1. The summed E-state index contributed by atoms with van der Waals surface area (Å²) in [4.78, 5) is 50.8. The highest BCUT2D eigenvalue weighted by molar-refractivity contribution is 9.10. The lowest BCUT2D eigenvalue weighted by atomic mass is 10.1. The molecule has 9 heteroatoms. The van der Waals surface area contributed by atoms with Gasteiger partial charge in [0.05, 0.1) is 18.1 Å². The molecule has 2 amide bonds. The molecule has 0 unspecified atom stereocenters. The summed E-state index contributed by atoms with van der Waals surface area (Å²) in [5.41, 5.74) is 2.60. The van der Waals surface area contributed by atoms with Crippen molar-refractivity contribution in [1.29, 1.82) is 0 Å². The fourth-order valence-corrected chi connectivity index (χ4v) is 4.11. The lowest BCUT2D eigenvalue weighted by molar-refractivity contribution is -0.151. The number of nitrogens with zero attached hydrogens (tertiary/aromatic N) is 1.